The van der Waals surface area contributed by atoms with Gasteiger partial charge in [-0.2, -0.15) is 0 Å². The molecule has 2 aromatic carbocycles. The van der Waals surface area contributed by atoms with Crippen molar-refractivity contribution in [3.63, 3.8) is 0 Å². The van der Waals surface area contributed by atoms with E-state index in [2.05, 4.69) is 4.74 Å². The van der Waals surface area contributed by atoms with E-state index in [-0.39, 0.29) is 19.1 Å². The molecule has 0 bridgehead atoms. The lowest BCUT2D eigenvalue weighted by atomic mass is 10.1. The number of benzene rings is 2. The molecule has 2 aromatic rings. The summed E-state index contributed by atoms with van der Waals surface area (Å²) in [6.07, 6.45) is -1.79. The van der Waals surface area contributed by atoms with Crippen LogP contribution in [0.3, 0.4) is 0 Å². The van der Waals surface area contributed by atoms with Gasteiger partial charge in [-0.25, -0.2) is 9.59 Å². The number of amides is 2. The highest BCUT2D eigenvalue weighted by Crippen LogP contribution is 2.26. The van der Waals surface area contributed by atoms with Gasteiger partial charge < -0.3 is 39.1 Å². The van der Waals surface area contributed by atoms with Gasteiger partial charge in [0.1, 0.15) is 18.3 Å². The average Bonchev–Trinajstić information content (AvgIpc) is 2.96. The van der Waals surface area contributed by atoms with Crippen LogP contribution in [0, 0.1) is 0 Å². The normalized spacial score (nSPS) is 14.9. The highest BCUT2D eigenvalue weighted by Gasteiger charge is 2.28. The van der Waals surface area contributed by atoms with Crippen molar-refractivity contribution in [1.29, 1.82) is 0 Å². The summed E-state index contributed by atoms with van der Waals surface area (Å²) in [6, 6.07) is 17.1. The van der Waals surface area contributed by atoms with Crippen LogP contribution >= 0.6 is 0 Å². The fourth-order valence-electron chi connectivity index (χ4n) is 3.69. The summed E-state index contributed by atoms with van der Waals surface area (Å²) in [4.78, 5) is 36.1. The fraction of sp³-hybridized carbons (Fsp3) is 0.531. The molecule has 1 aliphatic heterocycles. The standard InChI is InChI=1S/C25H31NO7.C5H11NO2.C2H6/c1-3-29-22-11-7-8-12-23(22)31-18-21-17-26(15-16-30-21)25(28)33-19(2)32-24(27)14-13-20-9-5-4-6-10-20;1-5(2,3)8-4(6)7;1-2/h4-12,19,21H,3,13-18H2,1-2H3;1-3H3,(H2,6,7);1-2H3. The maximum atomic E-state index is 12.5. The molecule has 0 aliphatic carbocycles. The van der Waals surface area contributed by atoms with Crippen molar-refractivity contribution < 1.29 is 42.8 Å². The molecule has 2 unspecified atom stereocenters. The SMILES string of the molecule is CC.CC(C)(C)OC(N)=O.CCOc1ccccc1OCC1CN(C(=O)OC(C)OC(=O)CCc2ccccc2)CCO1. The molecule has 2 amide bonds. The average molecular weight is 605 g/mol. The third-order valence-corrected chi connectivity index (χ3v) is 5.40. The molecule has 0 spiro atoms. The summed E-state index contributed by atoms with van der Waals surface area (Å²) in [5.41, 5.74) is 5.31. The van der Waals surface area contributed by atoms with Gasteiger partial charge >= 0.3 is 18.2 Å². The van der Waals surface area contributed by atoms with Crippen molar-refractivity contribution in [2.24, 2.45) is 5.73 Å². The van der Waals surface area contributed by atoms with E-state index in [4.69, 9.17) is 29.4 Å². The third-order valence-electron chi connectivity index (χ3n) is 5.40. The van der Waals surface area contributed by atoms with E-state index in [1.165, 1.54) is 11.8 Å². The Hall–Kier alpha value is -3.99. The lowest BCUT2D eigenvalue weighted by Gasteiger charge is -2.32. The first-order valence-corrected chi connectivity index (χ1v) is 14.6. The first-order valence-electron chi connectivity index (χ1n) is 14.6. The molecule has 11 nitrogen and oxygen atoms in total. The van der Waals surface area contributed by atoms with Crippen molar-refractivity contribution in [2.75, 3.05) is 32.9 Å². The first-order chi connectivity index (χ1) is 20.5. The Morgan fingerprint density at radius 1 is 0.977 bits per heavy atom. The van der Waals surface area contributed by atoms with E-state index in [9.17, 15) is 14.4 Å². The van der Waals surface area contributed by atoms with Crippen LogP contribution in [0.15, 0.2) is 54.6 Å². The Morgan fingerprint density at radius 3 is 2.14 bits per heavy atom. The number of carbonyl (C=O) groups is 3. The maximum absolute atomic E-state index is 12.5. The van der Waals surface area contributed by atoms with Crippen LogP contribution in [-0.4, -0.2) is 74.0 Å². The first kappa shape index (κ1) is 37.0. The molecule has 11 heteroatoms. The van der Waals surface area contributed by atoms with Crippen LogP contribution in [0.2, 0.25) is 0 Å². The molecule has 0 radical (unpaired) electrons. The summed E-state index contributed by atoms with van der Waals surface area (Å²) in [7, 11) is 0. The van der Waals surface area contributed by atoms with Crippen molar-refractivity contribution in [3.05, 3.63) is 60.2 Å². The van der Waals surface area contributed by atoms with Crippen LogP contribution in [0.1, 0.15) is 60.5 Å². The zero-order valence-electron chi connectivity index (χ0n) is 26.5. The fourth-order valence-corrected chi connectivity index (χ4v) is 3.69. The van der Waals surface area contributed by atoms with Gasteiger partial charge in [0.25, 0.3) is 0 Å². The topological polar surface area (TPSA) is 136 Å². The number of nitrogens with zero attached hydrogens (tertiary/aromatic N) is 1. The van der Waals surface area contributed by atoms with Gasteiger partial charge in [0, 0.05) is 19.9 Å². The molecule has 2 N–H and O–H groups in total. The second-order valence-corrected chi connectivity index (χ2v) is 10.1. The van der Waals surface area contributed by atoms with Crippen LogP contribution in [0.5, 0.6) is 11.5 Å². The molecule has 240 valence electrons. The largest absolute Gasteiger partial charge is 0.490 e. The molecule has 1 fully saturated rings. The van der Waals surface area contributed by atoms with Crippen molar-refractivity contribution in [1.82, 2.24) is 4.90 Å². The number of hydrogen-bond donors (Lipinski definition) is 1. The molecule has 43 heavy (non-hydrogen) atoms. The Kier molecular flexibility index (Phi) is 17.2. The summed E-state index contributed by atoms with van der Waals surface area (Å²) < 4.78 is 32.2. The van der Waals surface area contributed by atoms with E-state index < -0.39 is 30.0 Å². The van der Waals surface area contributed by atoms with Gasteiger partial charge in [0.2, 0.25) is 6.29 Å². The zero-order chi connectivity index (χ0) is 32.3. The van der Waals surface area contributed by atoms with Crippen LogP contribution in [-0.2, 0) is 30.2 Å². The number of esters is 1. The molecule has 0 saturated carbocycles. The monoisotopic (exact) mass is 604 g/mol. The minimum atomic E-state index is -0.976. The van der Waals surface area contributed by atoms with Crippen LogP contribution in [0.4, 0.5) is 9.59 Å². The second-order valence-electron chi connectivity index (χ2n) is 10.1. The number of morpholine rings is 1. The highest BCUT2D eigenvalue weighted by molar-refractivity contribution is 5.71. The van der Waals surface area contributed by atoms with Crippen molar-refractivity contribution in [3.8, 4) is 11.5 Å². The third kappa shape index (κ3) is 16.3. The van der Waals surface area contributed by atoms with E-state index >= 15 is 0 Å². The molecule has 1 aliphatic rings. The van der Waals surface area contributed by atoms with Gasteiger partial charge in [-0.05, 0) is 51.8 Å². The summed E-state index contributed by atoms with van der Waals surface area (Å²) in [5.74, 6) is 0.869. The Labute approximate surface area is 255 Å². The number of aryl methyl sites for hydroxylation is 1. The van der Waals surface area contributed by atoms with Gasteiger partial charge in [-0.3, -0.25) is 4.79 Å². The molecule has 1 saturated heterocycles. The van der Waals surface area contributed by atoms with Gasteiger partial charge in [-0.1, -0.05) is 56.3 Å². The van der Waals surface area contributed by atoms with E-state index in [0.717, 1.165) is 5.56 Å². The molecule has 3 rings (SSSR count). The van der Waals surface area contributed by atoms with E-state index in [0.29, 0.717) is 44.2 Å². The van der Waals surface area contributed by atoms with Gasteiger partial charge in [0.05, 0.1) is 19.8 Å². The van der Waals surface area contributed by atoms with Gasteiger partial charge in [-0.15, -0.1) is 0 Å². The van der Waals surface area contributed by atoms with Crippen molar-refractivity contribution >= 4 is 18.2 Å². The smallest absolute Gasteiger partial charge is 0.413 e. The quantitative estimate of drug-likeness (QED) is 0.266. The predicted octanol–water partition coefficient (Wildman–Crippen LogP) is 5.73. The molecule has 2 atom stereocenters. The number of primary amides is 1. The summed E-state index contributed by atoms with van der Waals surface area (Å²) in [5, 5.41) is 0. The number of rotatable bonds is 10. The molecular formula is C32H48N2O9. The molecular weight excluding hydrogens is 556 g/mol. The van der Waals surface area contributed by atoms with Gasteiger partial charge in [0.15, 0.2) is 11.5 Å². The molecule has 0 aromatic heterocycles. The number of carbonyl (C=O) groups excluding carboxylic acids is 3. The van der Waals surface area contributed by atoms with Crippen LogP contribution < -0.4 is 15.2 Å². The zero-order valence-corrected chi connectivity index (χ0v) is 26.5. The Morgan fingerprint density at radius 2 is 1.58 bits per heavy atom. The van der Waals surface area contributed by atoms with E-state index in [1.54, 1.807) is 20.8 Å². The van der Waals surface area contributed by atoms with Crippen LogP contribution in [0.25, 0.3) is 0 Å². The summed E-state index contributed by atoms with van der Waals surface area (Å²) >= 11 is 0. The Balaban J connectivity index is 0.000000801. The molecule has 1 heterocycles. The number of ether oxygens (including phenoxy) is 6. The maximum Gasteiger partial charge on any atom is 0.413 e. The number of para-hydroxylation sites is 2. The minimum absolute atomic E-state index is 0.214. The second kappa shape index (κ2) is 20.0. The number of nitrogens with two attached hydrogens (primary N) is 1. The lowest BCUT2D eigenvalue weighted by molar-refractivity contribution is -0.167. The number of hydrogen-bond acceptors (Lipinski definition) is 9. The van der Waals surface area contributed by atoms with E-state index in [1.807, 2.05) is 75.4 Å². The lowest BCUT2D eigenvalue weighted by Crippen LogP contribution is -2.48. The predicted molar refractivity (Wildman–Crippen MR) is 163 cm³/mol. The highest BCUT2D eigenvalue weighted by atomic mass is 16.7. The minimum Gasteiger partial charge on any atom is -0.490 e. The summed E-state index contributed by atoms with van der Waals surface area (Å²) in [6.45, 7) is 14.6. The van der Waals surface area contributed by atoms with Crippen molar-refractivity contribution in [2.45, 2.75) is 79.3 Å². The Bertz CT molecular complexity index is 1090.